The predicted octanol–water partition coefficient (Wildman–Crippen LogP) is 5.35. The van der Waals surface area contributed by atoms with E-state index in [2.05, 4.69) is 24.3 Å². The molecule has 2 aromatic rings. The van der Waals surface area contributed by atoms with Crippen LogP contribution in [0.15, 0.2) is 42.5 Å². The second-order valence-corrected chi connectivity index (χ2v) is 8.88. The van der Waals surface area contributed by atoms with Crippen LogP contribution in [0.3, 0.4) is 0 Å². The Morgan fingerprint density at radius 3 is 2.26 bits per heavy atom. The van der Waals surface area contributed by atoms with Crippen molar-refractivity contribution in [2.75, 3.05) is 0 Å². The van der Waals surface area contributed by atoms with Crippen LogP contribution in [0.1, 0.15) is 52.0 Å². The van der Waals surface area contributed by atoms with Crippen molar-refractivity contribution in [3.63, 3.8) is 0 Å². The van der Waals surface area contributed by atoms with Crippen LogP contribution in [0.2, 0.25) is 0 Å². The number of fused-ring (bicyclic) bond motifs is 1. The molecule has 0 fully saturated rings. The van der Waals surface area contributed by atoms with Gasteiger partial charge in [0.2, 0.25) is 0 Å². The van der Waals surface area contributed by atoms with Crippen LogP contribution in [0.5, 0.6) is 0 Å². The minimum absolute atomic E-state index is 0.0422. The van der Waals surface area contributed by atoms with Gasteiger partial charge in [0.05, 0.1) is 0 Å². The van der Waals surface area contributed by atoms with E-state index < -0.39 is 0 Å². The van der Waals surface area contributed by atoms with Gasteiger partial charge in [-0.05, 0) is 29.2 Å². The number of thioether (sulfide) groups is 1. The molecule has 0 saturated heterocycles. The quantitative estimate of drug-likeness (QED) is 0.742. The van der Waals surface area contributed by atoms with E-state index in [1.807, 2.05) is 39.0 Å². The molecule has 0 aliphatic carbocycles. The summed E-state index contributed by atoms with van der Waals surface area (Å²) in [5.41, 5.74) is 1.07. The number of ketones is 1. The molecule has 0 spiro atoms. The highest BCUT2D eigenvalue weighted by molar-refractivity contribution is 8.14. The molecule has 122 valence electrons. The number of rotatable bonds is 5. The molecule has 0 aliphatic heterocycles. The van der Waals surface area contributed by atoms with Crippen molar-refractivity contribution in [3.8, 4) is 0 Å². The summed E-state index contributed by atoms with van der Waals surface area (Å²) in [4.78, 5) is 24.0. The average Bonchev–Trinajstić information content (AvgIpc) is 2.43. The van der Waals surface area contributed by atoms with E-state index in [-0.39, 0.29) is 21.6 Å². The largest absolute Gasteiger partial charge is 0.300 e. The number of hydrogen-bond acceptors (Lipinski definition) is 3. The number of benzene rings is 2. The van der Waals surface area contributed by atoms with Crippen LogP contribution in [-0.4, -0.2) is 15.6 Å². The normalized spacial score (nSPS) is 13.0. The summed E-state index contributed by atoms with van der Waals surface area (Å²) < 4.78 is -0.0960. The van der Waals surface area contributed by atoms with Gasteiger partial charge >= 0.3 is 0 Å². The lowest BCUT2D eigenvalue weighted by Gasteiger charge is -2.20. The summed E-state index contributed by atoms with van der Waals surface area (Å²) in [5, 5.41) is 2.47. The Balaban J connectivity index is 2.25. The molecule has 0 aliphatic rings. The molecule has 2 aromatic carbocycles. The Hall–Kier alpha value is -1.61. The average molecular weight is 328 g/mol. The Morgan fingerprint density at radius 2 is 1.65 bits per heavy atom. The van der Waals surface area contributed by atoms with Crippen LogP contribution in [0.25, 0.3) is 10.8 Å². The molecule has 0 heterocycles. The Kier molecular flexibility index (Phi) is 5.64. The van der Waals surface area contributed by atoms with E-state index in [9.17, 15) is 9.59 Å². The maximum absolute atomic E-state index is 12.3. The van der Waals surface area contributed by atoms with Crippen molar-refractivity contribution >= 4 is 33.4 Å². The van der Waals surface area contributed by atoms with Crippen LogP contribution in [0.4, 0.5) is 0 Å². The van der Waals surface area contributed by atoms with Gasteiger partial charge in [-0.25, -0.2) is 0 Å². The fourth-order valence-corrected chi connectivity index (χ4v) is 3.67. The lowest BCUT2D eigenvalue weighted by atomic mass is 9.90. The molecule has 0 saturated carbocycles. The molecule has 23 heavy (non-hydrogen) atoms. The third-order valence-electron chi connectivity index (χ3n) is 3.61. The minimum atomic E-state index is -0.0960. The highest BCUT2D eigenvalue weighted by Gasteiger charge is 2.22. The molecule has 3 heteroatoms. The highest BCUT2D eigenvalue weighted by Crippen LogP contribution is 2.32. The van der Waals surface area contributed by atoms with Crippen molar-refractivity contribution in [3.05, 3.63) is 48.0 Å². The first kappa shape index (κ1) is 17.7. The minimum Gasteiger partial charge on any atom is -0.300 e. The molecule has 1 atom stereocenters. The standard InChI is InChI=1S/C20H24O2S/c1-14(21)11-18(13-19(22)23-20(2,3)4)17-10-9-15-7-5-6-8-16(15)12-17/h5-10,12,18H,11,13H2,1-4H3/t18-/m0/s1. The molecule has 0 N–H and O–H groups in total. The van der Waals surface area contributed by atoms with Gasteiger partial charge in [-0.1, -0.05) is 75.0 Å². The van der Waals surface area contributed by atoms with Gasteiger partial charge in [0.15, 0.2) is 5.12 Å². The lowest BCUT2D eigenvalue weighted by Crippen LogP contribution is -2.15. The zero-order valence-corrected chi connectivity index (χ0v) is 15.1. The van der Waals surface area contributed by atoms with Crippen molar-refractivity contribution in [1.29, 1.82) is 0 Å². The second kappa shape index (κ2) is 7.31. The van der Waals surface area contributed by atoms with E-state index in [0.29, 0.717) is 12.8 Å². The van der Waals surface area contributed by atoms with Crippen LogP contribution < -0.4 is 0 Å². The summed E-state index contributed by atoms with van der Waals surface area (Å²) in [5.74, 6) is 0.0798. The van der Waals surface area contributed by atoms with Crippen molar-refractivity contribution in [1.82, 2.24) is 0 Å². The highest BCUT2D eigenvalue weighted by atomic mass is 32.2. The molecular weight excluding hydrogens is 304 g/mol. The van der Waals surface area contributed by atoms with Gasteiger partial charge < -0.3 is 4.79 Å². The summed E-state index contributed by atoms with van der Waals surface area (Å²) >= 11 is 1.36. The Bertz CT molecular complexity index is 713. The maximum Gasteiger partial charge on any atom is 0.190 e. The Morgan fingerprint density at radius 1 is 1.00 bits per heavy atom. The fourth-order valence-electron chi connectivity index (χ4n) is 2.70. The van der Waals surface area contributed by atoms with E-state index in [0.717, 1.165) is 10.9 Å². The first-order valence-electron chi connectivity index (χ1n) is 7.94. The monoisotopic (exact) mass is 328 g/mol. The molecule has 0 amide bonds. The van der Waals surface area contributed by atoms with Gasteiger partial charge in [0.1, 0.15) is 5.78 Å². The maximum atomic E-state index is 12.3. The van der Waals surface area contributed by atoms with Crippen molar-refractivity contribution < 1.29 is 9.59 Å². The molecule has 0 aromatic heterocycles. The van der Waals surface area contributed by atoms with E-state index in [1.165, 1.54) is 17.1 Å². The first-order valence-corrected chi connectivity index (χ1v) is 8.76. The zero-order valence-electron chi connectivity index (χ0n) is 14.3. The molecule has 2 nitrogen and oxygen atoms in total. The zero-order chi connectivity index (χ0) is 17.0. The van der Waals surface area contributed by atoms with Gasteiger partial charge in [-0.2, -0.15) is 0 Å². The van der Waals surface area contributed by atoms with Crippen LogP contribution >= 0.6 is 11.8 Å². The number of carbonyl (C=O) groups is 2. The van der Waals surface area contributed by atoms with E-state index in [1.54, 1.807) is 6.92 Å². The number of Topliss-reactive ketones (excluding diaryl/α,β-unsaturated/α-hetero) is 1. The number of hydrogen-bond donors (Lipinski definition) is 0. The van der Waals surface area contributed by atoms with Gasteiger partial charge in [-0.15, -0.1) is 0 Å². The second-order valence-electron chi connectivity index (χ2n) is 7.00. The fraction of sp³-hybridized carbons (Fsp3) is 0.400. The van der Waals surface area contributed by atoms with Gasteiger partial charge in [0.25, 0.3) is 0 Å². The SMILES string of the molecule is CC(=O)C[C@@H](CC(=O)SC(C)(C)C)c1ccc2ccccc2c1. The van der Waals surface area contributed by atoms with Crippen LogP contribution in [0, 0.1) is 0 Å². The summed E-state index contributed by atoms with van der Waals surface area (Å²) in [6, 6.07) is 14.4. The first-order chi connectivity index (χ1) is 10.7. The van der Waals surface area contributed by atoms with Gasteiger partial charge in [0, 0.05) is 17.6 Å². The van der Waals surface area contributed by atoms with E-state index in [4.69, 9.17) is 0 Å². The lowest BCUT2D eigenvalue weighted by molar-refractivity contribution is -0.117. The molecular formula is C20H24O2S. The predicted molar refractivity (Wildman–Crippen MR) is 99.0 cm³/mol. The van der Waals surface area contributed by atoms with Gasteiger partial charge in [-0.3, -0.25) is 4.79 Å². The smallest absolute Gasteiger partial charge is 0.190 e. The molecule has 0 unspecified atom stereocenters. The summed E-state index contributed by atoms with van der Waals surface area (Å²) in [6.45, 7) is 7.69. The molecule has 2 rings (SSSR count). The van der Waals surface area contributed by atoms with Crippen molar-refractivity contribution in [2.45, 2.75) is 51.2 Å². The Labute approximate surface area is 142 Å². The van der Waals surface area contributed by atoms with Crippen molar-refractivity contribution in [2.24, 2.45) is 0 Å². The van der Waals surface area contributed by atoms with Crippen LogP contribution in [-0.2, 0) is 9.59 Å². The summed E-state index contributed by atoms with van der Waals surface area (Å²) in [7, 11) is 0. The third-order valence-corrected chi connectivity index (χ3v) is 4.62. The third kappa shape index (κ3) is 5.51. The molecule has 0 radical (unpaired) electrons. The number of carbonyl (C=O) groups excluding carboxylic acids is 2. The summed E-state index contributed by atoms with van der Waals surface area (Å²) in [6.07, 6.45) is 0.814. The van der Waals surface area contributed by atoms with E-state index >= 15 is 0 Å². The topological polar surface area (TPSA) is 34.1 Å². The molecule has 0 bridgehead atoms.